The molecule has 0 aliphatic carbocycles. The van der Waals surface area contributed by atoms with Crippen molar-refractivity contribution < 1.29 is 35.2 Å². The van der Waals surface area contributed by atoms with Gasteiger partial charge in [-0.2, -0.15) is 4.31 Å². The number of rotatable bonds is 4. The zero-order chi connectivity index (χ0) is 16.7. The molecule has 118 valence electrons. The summed E-state index contributed by atoms with van der Waals surface area (Å²) in [6.07, 6.45) is 0. The predicted octanol–water partition coefficient (Wildman–Crippen LogP) is 2.16. The van der Waals surface area contributed by atoms with Crippen LogP contribution in [0.4, 0.5) is 22.0 Å². The first-order chi connectivity index (χ1) is 9.44. The summed E-state index contributed by atoms with van der Waals surface area (Å²) in [5.74, 6) is -12.4. The van der Waals surface area contributed by atoms with Gasteiger partial charge in [0.25, 0.3) is 0 Å². The van der Waals surface area contributed by atoms with E-state index in [1.165, 1.54) is 0 Å². The molecule has 1 rings (SSSR count). The topological polar surface area (TPSA) is 54.5 Å². The fraction of sp³-hybridized carbons (Fsp3) is 0.300. The summed E-state index contributed by atoms with van der Waals surface area (Å²) in [5, 5.41) is -1.20. The number of carbonyl (C=O) groups is 1. The van der Waals surface area contributed by atoms with Crippen molar-refractivity contribution in [1.29, 1.82) is 0 Å². The third-order valence-electron chi connectivity index (χ3n) is 2.68. The molecule has 1 unspecified atom stereocenters. The van der Waals surface area contributed by atoms with Crippen LogP contribution in [-0.4, -0.2) is 31.1 Å². The van der Waals surface area contributed by atoms with Gasteiger partial charge in [0, 0.05) is 7.05 Å². The van der Waals surface area contributed by atoms with Crippen molar-refractivity contribution in [2.45, 2.75) is 17.9 Å². The highest BCUT2D eigenvalue weighted by Gasteiger charge is 2.38. The van der Waals surface area contributed by atoms with Gasteiger partial charge in [0.2, 0.25) is 21.1 Å². The molecule has 0 aliphatic rings. The number of hydrogen-bond acceptors (Lipinski definition) is 3. The highest BCUT2D eigenvalue weighted by atomic mass is 35.5. The summed E-state index contributed by atoms with van der Waals surface area (Å²) >= 11 is 5.04. The van der Waals surface area contributed by atoms with Crippen molar-refractivity contribution in [3.8, 4) is 0 Å². The van der Waals surface area contributed by atoms with Crippen LogP contribution in [0.1, 0.15) is 6.92 Å². The first-order valence-electron chi connectivity index (χ1n) is 5.13. The molecule has 0 saturated heterocycles. The third kappa shape index (κ3) is 2.87. The molecular weight excluding hydrogens is 345 g/mol. The Morgan fingerprint density at radius 1 is 1.00 bits per heavy atom. The zero-order valence-electron chi connectivity index (χ0n) is 10.4. The van der Waals surface area contributed by atoms with E-state index in [0.717, 1.165) is 6.92 Å². The van der Waals surface area contributed by atoms with Gasteiger partial charge in [0.05, 0.1) is 6.04 Å². The maximum Gasteiger partial charge on any atom is 0.249 e. The number of likely N-dealkylation sites (N-methyl/N-ethyl adjacent to an activating group) is 1. The quantitative estimate of drug-likeness (QED) is 0.361. The number of halogens is 6. The summed E-state index contributed by atoms with van der Waals surface area (Å²) in [4.78, 5) is 8.83. The summed E-state index contributed by atoms with van der Waals surface area (Å²) in [5.41, 5.74) is 0. The maximum absolute atomic E-state index is 13.5. The van der Waals surface area contributed by atoms with Crippen molar-refractivity contribution in [3.63, 3.8) is 0 Å². The van der Waals surface area contributed by atoms with E-state index in [1.54, 1.807) is 0 Å². The molecule has 0 fully saturated rings. The minimum atomic E-state index is -5.17. The highest BCUT2D eigenvalue weighted by Crippen LogP contribution is 2.29. The minimum absolute atomic E-state index is 0.0978. The van der Waals surface area contributed by atoms with Crippen LogP contribution in [0, 0.1) is 29.1 Å². The maximum atomic E-state index is 13.5. The molecule has 0 spiro atoms. The molecule has 0 aliphatic heterocycles. The van der Waals surface area contributed by atoms with Crippen LogP contribution in [0.3, 0.4) is 0 Å². The Kier molecular flexibility index (Phi) is 4.96. The van der Waals surface area contributed by atoms with Crippen LogP contribution < -0.4 is 0 Å². The third-order valence-corrected chi connectivity index (χ3v) is 4.95. The monoisotopic (exact) mass is 351 g/mol. The Bertz CT molecular complexity index is 680. The second-order valence-corrected chi connectivity index (χ2v) is 6.21. The first-order valence-corrected chi connectivity index (χ1v) is 6.95. The normalized spacial score (nSPS) is 13.6. The summed E-state index contributed by atoms with van der Waals surface area (Å²) in [6.45, 7) is 0.971. The number of sulfonamides is 1. The molecular formula is C10H7ClF5NO3S. The van der Waals surface area contributed by atoms with Gasteiger partial charge in [-0.15, -0.1) is 0 Å². The van der Waals surface area contributed by atoms with Crippen molar-refractivity contribution in [1.82, 2.24) is 4.31 Å². The molecule has 0 radical (unpaired) electrons. The molecule has 0 aromatic heterocycles. The van der Waals surface area contributed by atoms with Gasteiger partial charge in [-0.05, 0) is 18.5 Å². The number of hydrogen-bond donors (Lipinski definition) is 0. The first kappa shape index (κ1) is 17.8. The lowest BCUT2D eigenvalue weighted by Gasteiger charge is -2.22. The molecule has 0 N–H and O–H groups in total. The van der Waals surface area contributed by atoms with Crippen molar-refractivity contribution >= 4 is 26.9 Å². The van der Waals surface area contributed by atoms with E-state index in [9.17, 15) is 35.2 Å². The lowest BCUT2D eigenvalue weighted by molar-refractivity contribution is -0.114. The van der Waals surface area contributed by atoms with Crippen molar-refractivity contribution in [3.05, 3.63) is 29.1 Å². The predicted molar refractivity (Wildman–Crippen MR) is 61.5 cm³/mol. The Morgan fingerprint density at radius 2 is 1.33 bits per heavy atom. The lowest BCUT2D eigenvalue weighted by atomic mass is 10.3. The van der Waals surface area contributed by atoms with E-state index in [2.05, 4.69) is 0 Å². The molecule has 0 saturated carbocycles. The Balaban J connectivity index is 3.64. The van der Waals surface area contributed by atoms with Gasteiger partial charge < -0.3 is 0 Å². The Hall–Kier alpha value is -1.26. The SMILES string of the molecule is CC(C(=O)Cl)N(C)S(=O)(=O)c1c(F)c(F)c(F)c(F)c1F. The number of benzene rings is 1. The smallest absolute Gasteiger partial charge is 0.249 e. The second-order valence-electron chi connectivity index (χ2n) is 3.90. The molecule has 1 aromatic rings. The van der Waals surface area contributed by atoms with Crippen molar-refractivity contribution in [2.75, 3.05) is 7.05 Å². The molecule has 21 heavy (non-hydrogen) atoms. The van der Waals surface area contributed by atoms with Crippen LogP contribution in [-0.2, 0) is 14.8 Å². The van der Waals surface area contributed by atoms with Crippen molar-refractivity contribution in [2.24, 2.45) is 0 Å². The van der Waals surface area contributed by atoms with Crippen LogP contribution >= 0.6 is 11.6 Å². The van der Waals surface area contributed by atoms with Crippen LogP contribution in [0.2, 0.25) is 0 Å². The standard InChI is InChI=1S/C10H7ClF5NO3S/c1-3(10(11)18)17(2)21(19,20)9-7(15)5(13)4(12)6(14)8(9)16/h3H,1-2H3. The van der Waals surface area contributed by atoms with Gasteiger partial charge in [-0.25, -0.2) is 30.4 Å². The summed E-state index contributed by atoms with van der Waals surface area (Å²) in [6, 6.07) is -1.58. The van der Waals surface area contributed by atoms with E-state index in [-0.39, 0.29) is 4.31 Å². The average molecular weight is 352 g/mol. The van der Waals surface area contributed by atoms with Crippen LogP contribution in [0.15, 0.2) is 4.90 Å². The van der Waals surface area contributed by atoms with E-state index in [1.807, 2.05) is 0 Å². The van der Waals surface area contributed by atoms with E-state index >= 15 is 0 Å². The van der Waals surface area contributed by atoms with Gasteiger partial charge >= 0.3 is 0 Å². The lowest BCUT2D eigenvalue weighted by Crippen LogP contribution is -2.39. The van der Waals surface area contributed by atoms with Gasteiger partial charge in [-0.1, -0.05) is 0 Å². The molecule has 4 nitrogen and oxygen atoms in total. The largest absolute Gasteiger partial charge is 0.279 e. The number of carbonyl (C=O) groups excluding carboxylic acids is 1. The summed E-state index contributed by atoms with van der Waals surface area (Å²) < 4.78 is 89.8. The fourth-order valence-electron chi connectivity index (χ4n) is 1.31. The Labute approximate surface area is 121 Å². The Morgan fingerprint density at radius 3 is 1.67 bits per heavy atom. The summed E-state index contributed by atoms with van der Waals surface area (Å²) in [7, 11) is -4.47. The van der Waals surface area contributed by atoms with Crippen LogP contribution in [0.25, 0.3) is 0 Å². The highest BCUT2D eigenvalue weighted by molar-refractivity contribution is 7.89. The zero-order valence-corrected chi connectivity index (χ0v) is 12.0. The second kappa shape index (κ2) is 5.85. The molecule has 1 aromatic carbocycles. The van der Waals surface area contributed by atoms with Gasteiger partial charge in [0.1, 0.15) is 0 Å². The van der Waals surface area contributed by atoms with Gasteiger partial charge in [0.15, 0.2) is 28.2 Å². The van der Waals surface area contributed by atoms with E-state index in [4.69, 9.17) is 11.6 Å². The molecule has 0 amide bonds. The molecule has 0 bridgehead atoms. The molecule has 1 atom stereocenters. The van der Waals surface area contributed by atoms with E-state index < -0.39 is 55.3 Å². The minimum Gasteiger partial charge on any atom is -0.279 e. The molecule has 11 heteroatoms. The van der Waals surface area contributed by atoms with Crippen LogP contribution in [0.5, 0.6) is 0 Å². The van der Waals surface area contributed by atoms with E-state index in [0.29, 0.717) is 7.05 Å². The average Bonchev–Trinajstić information content (AvgIpc) is 2.41. The molecule has 0 heterocycles. The van der Waals surface area contributed by atoms with Gasteiger partial charge in [-0.3, -0.25) is 4.79 Å². The fourth-order valence-corrected chi connectivity index (χ4v) is 2.94. The number of nitrogens with zero attached hydrogens (tertiary/aromatic N) is 1.